The van der Waals surface area contributed by atoms with E-state index in [1.807, 2.05) is 9.80 Å². The van der Waals surface area contributed by atoms with Gasteiger partial charge in [-0.25, -0.2) is 0 Å². The number of piperidine rings is 1. The van der Waals surface area contributed by atoms with E-state index in [4.69, 9.17) is 4.74 Å². The largest absolute Gasteiger partial charge is 0.378 e. The number of thiophene rings is 1. The Hall–Kier alpha value is -1.96. The first-order chi connectivity index (χ1) is 15.1. The zero-order chi connectivity index (χ0) is 21.4. The highest BCUT2D eigenvalue weighted by Crippen LogP contribution is 2.41. The third-order valence-electron chi connectivity index (χ3n) is 7.18. The van der Waals surface area contributed by atoms with Crippen molar-refractivity contribution in [1.82, 2.24) is 14.7 Å². The fourth-order valence-corrected chi connectivity index (χ4v) is 6.70. The number of carbonyl (C=O) groups is 2. The second-order valence-electron chi connectivity index (χ2n) is 8.96. The lowest BCUT2D eigenvalue weighted by Gasteiger charge is -2.36. The summed E-state index contributed by atoms with van der Waals surface area (Å²) in [6, 6.07) is 9.03. The lowest BCUT2D eigenvalue weighted by Crippen LogP contribution is -2.45. The van der Waals surface area contributed by atoms with Crippen LogP contribution < -0.4 is 0 Å². The molecule has 0 radical (unpaired) electrons. The van der Waals surface area contributed by atoms with Crippen LogP contribution in [0.4, 0.5) is 0 Å². The molecule has 0 unspecified atom stereocenters. The molecule has 4 heterocycles. The molecule has 6 nitrogen and oxygen atoms in total. The average Bonchev–Trinajstić information content (AvgIpc) is 3.44. The van der Waals surface area contributed by atoms with Gasteiger partial charge in [-0.1, -0.05) is 18.2 Å². The average molecular weight is 442 g/mol. The highest BCUT2D eigenvalue weighted by Gasteiger charge is 2.35. The Balaban J connectivity index is 1.37. The fraction of sp³-hybridized carbons (Fsp3) is 0.583. The zero-order valence-corrected chi connectivity index (χ0v) is 19.0. The van der Waals surface area contributed by atoms with Crippen molar-refractivity contribution in [3.8, 4) is 0 Å². The molecule has 2 amide bonds. The Morgan fingerprint density at radius 1 is 0.968 bits per heavy atom. The zero-order valence-electron chi connectivity index (χ0n) is 18.2. The minimum atomic E-state index is 0.174. The van der Waals surface area contributed by atoms with E-state index in [1.165, 1.54) is 15.6 Å². The van der Waals surface area contributed by atoms with E-state index in [9.17, 15) is 9.59 Å². The van der Waals surface area contributed by atoms with Crippen molar-refractivity contribution in [1.29, 1.82) is 0 Å². The van der Waals surface area contributed by atoms with Crippen LogP contribution in [0.15, 0.2) is 24.3 Å². The van der Waals surface area contributed by atoms with Crippen molar-refractivity contribution in [3.05, 3.63) is 34.7 Å². The van der Waals surface area contributed by atoms with E-state index in [1.54, 1.807) is 18.3 Å². The summed E-state index contributed by atoms with van der Waals surface area (Å²) in [5, 5.41) is 1.25. The summed E-state index contributed by atoms with van der Waals surface area (Å²) < 4.78 is 6.67. The lowest BCUT2D eigenvalue weighted by molar-refractivity contribution is -0.130. The van der Waals surface area contributed by atoms with Gasteiger partial charge in [0.05, 0.1) is 18.1 Å². The molecule has 166 valence electrons. The number of nitrogens with zero attached hydrogens (tertiary/aromatic N) is 3. The Morgan fingerprint density at radius 2 is 1.71 bits per heavy atom. The van der Waals surface area contributed by atoms with Crippen LogP contribution in [0.25, 0.3) is 10.1 Å². The summed E-state index contributed by atoms with van der Waals surface area (Å²) in [6.07, 6.45) is 3.20. The molecule has 0 saturated carbocycles. The molecule has 31 heavy (non-hydrogen) atoms. The SMILES string of the molecule is CC(=O)N1CCC(N2CC[C@@H](c3c(C(=O)N4CCOCC4)sc4ccccc34)C2)CC1. The van der Waals surface area contributed by atoms with Crippen molar-refractivity contribution in [2.45, 2.75) is 38.1 Å². The standard InChI is InChI=1S/C24H31N3O3S/c1-17(28)25-10-7-19(8-11-25)27-9-6-18(16-27)22-20-4-2-3-5-21(20)31-23(22)24(29)26-12-14-30-15-13-26/h2-5,18-19H,6-16H2,1H3/t18-/m1/s1. The van der Waals surface area contributed by atoms with Gasteiger partial charge >= 0.3 is 0 Å². The monoisotopic (exact) mass is 441 g/mol. The summed E-state index contributed by atoms with van der Waals surface area (Å²) in [5.74, 6) is 0.753. The van der Waals surface area contributed by atoms with Crippen LogP contribution in [0.5, 0.6) is 0 Å². The minimum absolute atomic E-state index is 0.174. The number of hydrogen-bond donors (Lipinski definition) is 0. The predicted molar refractivity (Wildman–Crippen MR) is 123 cm³/mol. The Kier molecular flexibility index (Phi) is 5.99. The first-order valence-corrected chi connectivity index (χ1v) is 12.3. The molecule has 3 saturated heterocycles. The van der Waals surface area contributed by atoms with Crippen LogP contribution in [-0.4, -0.2) is 85.0 Å². The lowest BCUT2D eigenvalue weighted by atomic mass is 9.94. The molecule has 0 bridgehead atoms. The topological polar surface area (TPSA) is 53.1 Å². The molecule has 0 N–H and O–H groups in total. The molecule has 2 aromatic rings. The number of ether oxygens (including phenoxy) is 1. The van der Waals surface area contributed by atoms with Gasteiger partial charge in [0.1, 0.15) is 0 Å². The quantitative estimate of drug-likeness (QED) is 0.734. The van der Waals surface area contributed by atoms with Crippen molar-refractivity contribution < 1.29 is 14.3 Å². The first-order valence-electron chi connectivity index (χ1n) is 11.5. The summed E-state index contributed by atoms with van der Waals surface area (Å²) in [7, 11) is 0. The first kappa shape index (κ1) is 20.9. The van der Waals surface area contributed by atoms with E-state index < -0.39 is 0 Å². The number of likely N-dealkylation sites (tertiary alicyclic amines) is 2. The van der Waals surface area contributed by atoms with E-state index in [0.717, 1.165) is 50.3 Å². The van der Waals surface area contributed by atoms with Crippen LogP contribution in [-0.2, 0) is 9.53 Å². The van der Waals surface area contributed by atoms with Gasteiger partial charge in [0.15, 0.2) is 0 Å². The smallest absolute Gasteiger partial charge is 0.264 e. The van der Waals surface area contributed by atoms with Crippen molar-refractivity contribution in [2.24, 2.45) is 0 Å². The molecule has 1 atom stereocenters. The number of carbonyl (C=O) groups excluding carboxylic acids is 2. The van der Waals surface area contributed by atoms with Crippen LogP contribution in [0.2, 0.25) is 0 Å². The Morgan fingerprint density at radius 3 is 2.45 bits per heavy atom. The summed E-state index contributed by atoms with van der Waals surface area (Å²) in [6.45, 7) is 8.09. The molecular weight excluding hydrogens is 410 g/mol. The number of amides is 2. The molecule has 3 fully saturated rings. The molecule has 7 heteroatoms. The van der Waals surface area contributed by atoms with Crippen LogP contribution >= 0.6 is 11.3 Å². The molecular formula is C24H31N3O3S. The maximum atomic E-state index is 13.5. The van der Waals surface area contributed by atoms with Crippen molar-refractivity contribution >= 4 is 33.2 Å². The molecule has 1 aromatic carbocycles. The van der Waals surface area contributed by atoms with Gasteiger partial charge in [-0.2, -0.15) is 0 Å². The van der Waals surface area contributed by atoms with Crippen molar-refractivity contribution in [3.63, 3.8) is 0 Å². The van der Waals surface area contributed by atoms with Gasteiger partial charge in [-0.15, -0.1) is 11.3 Å². The molecule has 5 rings (SSSR count). The molecule has 0 aliphatic carbocycles. The van der Waals surface area contributed by atoms with Crippen LogP contribution in [0.1, 0.15) is 47.3 Å². The van der Waals surface area contributed by atoms with E-state index >= 15 is 0 Å². The van der Waals surface area contributed by atoms with Crippen LogP contribution in [0, 0.1) is 0 Å². The number of benzene rings is 1. The third kappa shape index (κ3) is 4.11. The summed E-state index contributed by atoms with van der Waals surface area (Å²) in [5.41, 5.74) is 1.26. The fourth-order valence-electron chi connectivity index (χ4n) is 5.44. The minimum Gasteiger partial charge on any atom is -0.378 e. The maximum Gasteiger partial charge on any atom is 0.264 e. The van der Waals surface area contributed by atoms with Gasteiger partial charge in [0, 0.05) is 56.3 Å². The number of hydrogen-bond acceptors (Lipinski definition) is 5. The maximum absolute atomic E-state index is 13.5. The van der Waals surface area contributed by atoms with Gasteiger partial charge in [-0.3, -0.25) is 14.5 Å². The van der Waals surface area contributed by atoms with Gasteiger partial charge in [0.25, 0.3) is 5.91 Å². The number of rotatable bonds is 3. The van der Waals surface area contributed by atoms with Crippen molar-refractivity contribution in [2.75, 3.05) is 52.5 Å². The highest BCUT2D eigenvalue weighted by molar-refractivity contribution is 7.21. The second kappa shape index (κ2) is 8.88. The van der Waals surface area contributed by atoms with E-state index in [-0.39, 0.29) is 11.8 Å². The Labute approximate surface area is 187 Å². The second-order valence-corrected chi connectivity index (χ2v) is 10.0. The summed E-state index contributed by atoms with van der Waals surface area (Å²) in [4.78, 5) is 32.6. The normalized spacial score (nSPS) is 23.6. The molecule has 3 aliphatic heterocycles. The van der Waals surface area contributed by atoms with Gasteiger partial charge in [-0.05, 0) is 42.8 Å². The molecule has 1 aromatic heterocycles. The summed E-state index contributed by atoms with van der Waals surface area (Å²) >= 11 is 1.66. The van der Waals surface area contributed by atoms with E-state index in [0.29, 0.717) is 38.3 Å². The predicted octanol–water partition coefficient (Wildman–Crippen LogP) is 3.17. The number of fused-ring (bicyclic) bond motifs is 1. The number of morpholine rings is 1. The van der Waals surface area contributed by atoms with E-state index in [2.05, 4.69) is 29.2 Å². The Bertz CT molecular complexity index is 960. The third-order valence-corrected chi connectivity index (χ3v) is 8.36. The molecule has 0 spiro atoms. The van der Waals surface area contributed by atoms with Gasteiger partial charge in [0.2, 0.25) is 5.91 Å². The highest BCUT2D eigenvalue weighted by atomic mass is 32.1. The molecule has 3 aliphatic rings. The van der Waals surface area contributed by atoms with Gasteiger partial charge < -0.3 is 14.5 Å². The van der Waals surface area contributed by atoms with Crippen LogP contribution in [0.3, 0.4) is 0 Å².